The molecule has 7 atom stereocenters. The minimum atomic E-state index is 0.136. The molecular formula is C42H66N2O2. The number of nitrogens with zero attached hydrogens (tertiary/aromatic N) is 2. The first-order chi connectivity index (χ1) is 22.4. The van der Waals surface area contributed by atoms with Gasteiger partial charge in [0.05, 0.1) is 0 Å². The first-order valence-electron chi connectivity index (χ1n) is 19.4. The van der Waals surface area contributed by atoms with E-state index in [2.05, 4.69) is 86.9 Å². The Kier molecular flexibility index (Phi) is 13.7. The molecule has 46 heavy (non-hydrogen) atoms. The Hall–Kier alpha value is -1.64. The van der Waals surface area contributed by atoms with Crippen LogP contribution in [-0.2, 0) is 9.47 Å². The van der Waals surface area contributed by atoms with Gasteiger partial charge in [0.25, 0.3) is 0 Å². The minimum absolute atomic E-state index is 0.136. The number of likely N-dealkylation sites (tertiary alicyclic amines) is 1. The molecule has 4 heteroatoms. The molecule has 0 aromatic rings. The Morgan fingerprint density at radius 3 is 2.09 bits per heavy atom. The molecule has 4 fully saturated rings. The molecule has 0 aromatic carbocycles. The van der Waals surface area contributed by atoms with Crippen molar-refractivity contribution < 1.29 is 9.47 Å². The van der Waals surface area contributed by atoms with Gasteiger partial charge in [0.1, 0.15) is 24.7 Å². The van der Waals surface area contributed by atoms with Gasteiger partial charge in [-0.05, 0) is 86.3 Å². The number of hydrogen-bond donors (Lipinski definition) is 0. The average molecular weight is 631 g/mol. The fourth-order valence-electron chi connectivity index (χ4n) is 9.08. The Morgan fingerprint density at radius 2 is 1.43 bits per heavy atom. The highest BCUT2D eigenvalue weighted by molar-refractivity contribution is 5.42. The van der Waals surface area contributed by atoms with Gasteiger partial charge in [-0.3, -0.25) is 9.80 Å². The number of rotatable bonds is 14. The number of piperidine rings is 1. The Labute approximate surface area is 283 Å². The van der Waals surface area contributed by atoms with Crippen LogP contribution in [0.25, 0.3) is 0 Å². The zero-order valence-corrected chi connectivity index (χ0v) is 30.0. The highest BCUT2D eigenvalue weighted by atomic mass is 16.6. The van der Waals surface area contributed by atoms with E-state index in [1.807, 2.05) is 0 Å². The van der Waals surface area contributed by atoms with E-state index < -0.39 is 0 Å². The molecule has 4 nitrogen and oxygen atoms in total. The SMILES string of the molecule is C#CCCCCC(C(C)C)C(CN(C)C1OC1C1=CC=C(C2OC2N2CCCCC2C2CCCCCCCC2)C=CC=C1)C(C)C. The molecule has 5 aliphatic rings. The average Bonchev–Trinajstić information content (AvgIpc) is 3.96. The highest BCUT2D eigenvalue weighted by Gasteiger charge is 2.49. The van der Waals surface area contributed by atoms with Gasteiger partial charge in [-0.15, -0.1) is 12.3 Å². The van der Waals surface area contributed by atoms with E-state index in [4.69, 9.17) is 15.9 Å². The predicted octanol–water partition coefficient (Wildman–Crippen LogP) is 9.69. The summed E-state index contributed by atoms with van der Waals surface area (Å²) in [6.45, 7) is 11.9. The summed E-state index contributed by atoms with van der Waals surface area (Å²) in [5.41, 5.74) is 2.58. The molecule has 5 rings (SSSR count). The van der Waals surface area contributed by atoms with Crippen molar-refractivity contribution in [2.75, 3.05) is 20.1 Å². The fraction of sp³-hybridized carbons (Fsp3) is 0.762. The third kappa shape index (κ3) is 9.72. The topological polar surface area (TPSA) is 31.5 Å². The van der Waals surface area contributed by atoms with Gasteiger partial charge < -0.3 is 9.47 Å². The monoisotopic (exact) mass is 631 g/mol. The zero-order chi connectivity index (χ0) is 32.5. The van der Waals surface area contributed by atoms with E-state index in [9.17, 15) is 0 Å². The van der Waals surface area contributed by atoms with E-state index in [1.54, 1.807) is 0 Å². The first-order valence-corrected chi connectivity index (χ1v) is 19.4. The number of ether oxygens (including phenoxy) is 2. The van der Waals surface area contributed by atoms with Gasteiger partial charge in [-0.1, -0.05) is 116 Å². The molecule has 3 saturated heterocycles. The molecule has 2 aliphatic carbocycles. The number of terminal acetylenes is 1. The lowest BCUT2D eigenvalue weighted by Crippen LogP contribution is -2.46. The number of hydrogen-bond acceptors (Lipinski definition) is 4. The summed E-state index contributed by atoms with van der Waals surface area (Å²) in [6.07, 6.45) is 39.8. The first kappa shape index (κ1) is 35.7. The van der Waals surface area contributed by atoms with Crippen LogP contribution in [0.4, 0.5) is 0 Å². The van der Waals surface area contributed by atoms with Crippen molar-refractivity contribution in [2.45, 2.75) is 155 Å². The van der Waals surface area contributed by atoms with Crippen LogP contribution in [0, 0.1) is 41.9 Å². The highest BCUT2D eigenvalue weighted by Crippen LogP contribution is 2.42. The maximum Gasteiger partial charge on any atom is 0.142 e. The summed E-state index contributed by atoms with van der Waals surface area (Å²) in [4.78, 5) is 5.26. The van der Waals surface area contributed by atoms with Crippen molar-refractivity contribution in [1.29, 1.82) is 0 Å². The third-order valence-electron chi connectivity index (χ3n) is 11.9. The molecule has 0 aromatic heterocycles. The van der Waals surface area contributed by atoms with Crippen molar-refractivity contribution in [1.82, 2.24) is 9.80 Å². The maximum atomic E-state index is 6.52. The van der Waals surface area contributed by atoms with E-state index in [0.29, 0.717) is 29.7 Å². The molecular weight excluding hydrogens is 564 g/mol. The minimum Gasteiger partial charge on any atom is -0.348 e. The van der Waals surface area contributed by atoms with E-state index in [1.165, 1.54) is 101 Å². The lowest BCUT2D eigenvalue weighted by Gasteiger charge is -2.40. The van der Waals surface area contributed by atoms with Crippen LogP contribution in [0.15, 0.2) is 47.6 Å². The summed E-state index contributed by atoms with van der Waals surface area (Å²) in [7, 11) is 2.26. The van der Waals surface area contributed by atoms with Gasteiger partial charge in [-0.2, -0.15) is 0 Å². The molecule has 3 heterocycles. The van der Waals surface area contributed by atoms with Gasteiger partial charge >= 0.3 is 0 Å². The number of epoxide rings is 2. The van der Waals surface area contributed by atoms with Crippen LogP contribution in [0.2, 0.25) is 0 Å². The predicted molar refractivity (Wildman–Crippen MR) is 193 cm³/mol. The second-order valence-electron chi connectivity index (χ2n) is 15.9. The van der Waals surface area contributed by atoms with Gasteiger partial charge in [0.15, 0.2) is 0 Å². The van der Waals surface area contributed by atoms with Crippen LogP contribution in [0.1, 0.15) is 124 Å². The van der Waals surface area contributed by atoms with Crippen LogP contribution in [0.3, 0.4) is 0 Å². The number of allylic oxidation sites excluding steroid dienone is 4. The summed E-state index contributed by atoms with van der Waals surface area (Å²) in [6, 6.07) is 0.704. The quantitative estimate of drug-likeness (QED) is 0.109. The number of likely N-dealkylation sites (N-methyl/N-ethyl adjacent to an activating group) is 1. The van der Waals surface area contributed by atoms with E-state index in [0.717, 1.165) is 25.3 Å². The smallest absolute Gasteiger partial charge is 0.142 e. The molecule has 0 N–H and O–H groups in total. The number of unbranched alkanes of at least 4 members (excludes halogenated alkanes) is 2. The fourth-order valence-corrected chi connectivity index (χ4v) is 9.08. The Balaban J connectivity index is 1.19. The van der Waals surface area contributed by atoms with Gasteiger partial charge in [-0.25, -0.2) is 0 Å². The van der Waals surface area contributed by atoms with Crippen LogP contribution < -0.4 is 0 Å². The van der Waals surface area contributed by atoms with Gasteiger partial charge in [0, 0.05) is 25.6 Å². The van der Waals surface area contributed by atoms with Crippen LogP contribution >= 0.6 is 0 Å². The largest absolute Gasteiger partial charge is 0.348 e. The van der Waals surface area contributed by atoms with Crippen molar-refractivity contribution in [2.24, 2.45) is 29.6 Å². The Bertz CT molecular complexity index is 1100. The Morgan fingerprint density at radius 1 is 0.804 bits per heavy atom. The molecule has 0 radical (unpaired) electrons. The lowest BCUT2D eigenvalue weighted by molar-refractivity contribution is 0.0465. The van der Waals surface area contributed by atoms with Crippen LogP contribution in [0.5, 0.6) is 0 Å². The van der Waals surface area contributed by atoms with Crippen molar-refractivity contribution in [3.8, 4) is 12.3 Å². The molecule has 3 aliphatic heterocycles. The molecule has 0 bridgehead atoms. The second kappa shape index (κ2) is 17.7. The summed E-state index contributed by atoms with van der Waals surface area (Å²) in [5, 5.41) is 0. The summed E-state index contributed by atoms with van der Waals surface area (Å²) < 4.78 is 12.9. The molecule has 0 spiro atoms. The van der Waals surface area contributed by atoms with Crippen molar-refractivity contribution >= 4 is 0 Å². The van der Waals surface area contributed by atoms with E-state index in [-0.39, 0.29) is 24.7 Å². The normalized spacial score (nSPS) is 30.9. The van der Waals surface area contributed by atoms with Gasteiger partial charge in [0.2, 0.25) is 0 Å². The summed E-state index contributed by atoms with van der Waals surface area (Å²) in [5.74, 6) is 6.32. The van der Waals surface area contributed by atoms with Crippen LogP contribution in [-0.4, -0.2) is 60.6 Å². The van der Waals surface area contributed by atoms with Crippen molar-refractivity contribution in [3.05, 3.63) is 47.6 Å². The van der Waals surface area contributed by atoms with Crippen molar-refractivity contribution in [3.63, 3.8) is 0 Å². The third-order valence-corrected chi connectivity index (χ3v) is 11.9. The maximum absolute atomic E-state index is 6.52. The molecule has 256 valence electrons. The summed E-state index contributed by atoms with van der Waals surface area (Å²) >= 11 is 0. The lowest BCUT2D eigenvalue weighted by atomic mass is 9.74. The standard InChI is InChI=1S/C42H66N2O2/c1-7-8-9-16-25-36(31(2)3)37(32(4)5)30-43(6)41-39(45-41)34-23-17-18-24-35(28-27-34)40-42(46-40)44-29-20-19-26-38(44)33-21-14-12-10-11-13-15-22-33/h1,17-18,23-24,27-28,31-33,36-42H,8-16,19-22,25-26,29-30H2,2-6H3. The molecule has 1 saturated carbocycles. The second-order valence-corrected chi connectivity index (χ2v) is 15.9. The molecule has 0 amide bonds. The molecule has 7 unspecified atom stereocenters. The van der Waals surface area contributed by atoms with E-state index >= 15 is 0 Å². The zero-order valence-electron chi connectivity index (χ0n) is 30.0.